The lowest BCUT2D eigenvalue weighted by atomic mass is 10.0. The maximum absolute atomic E-state index is 13.6. The number of amides is 1. The second-order valence-electron chi connectivity index (χ2n) is 22.6. The van der Waals surface area contributed by atoms with Crippen LogP contribution in [0.4, 0.5) is 0 Å². The molecule has 0 bridgehead atoms. The predicted molar refractivity (Wildman–Crippen MR) is 332 cm³/mol. The highest BCUT2D eigenvalue weighted by Crippen LogP contribution is 2.43. The van der Waals surface area contributed by atoms with Gasteiger partial charge in [0, 0.05) is 12.8 Å². The van der Waals surface area contributed by atoms with Crippen molar-refractivity contribution in [3.05, 3.63) is 85.1 Å². The Balaban J connectivity index is 5.24. The first kappa shape index (κ1) is 74.2. The standard InChI is InChI=1S/C67H121N2O7P/c1-7-10-13-16-19-22-25-27-29-31-33-34-36-38-40-42-45-48-51-54-57-60-67(71)76-65(58-55-52-49-46-43-24-21-18-15-12-9-3)64(63-75-77(72,73)74-62-61-69(4,5)6)68-66(70)59-56-53-50-47-44-41-39-37-35-32-30-28-26-23-20-17-14-11-8-2/h19-20,22-23,27-30,33-34,38,40,55,58,64-65H,7-18,21,24-26,31-32,35-37,39,41-54,56-57,59-63H2,1-6H3,(H-,68,70,72,73)/p+1/b22-19-,23-20-,29-27-,30-28-,34-33-,40-38-,58-55+. The summed E-state index contributed by atoms with van der Waals surface area (Å²) >= 11 is 0. The molecule has 10 heteroatoms. The molecule has 0 aromatic heterocycles. The molecular formula is C67H122N2O7P+. The molecule has 446 valence electrons. The number of likely N-dealkylation sites (N-methyl/N-ethyl adjacent to an activating group) is 1. The van der Waals surface area contributed by atoms with Crippen molar-refractivity contribution >= 4 is 19.7 Å². The number of esters is 1. The summed E-state index contributed by atoms with van der Waals surface area (Å²) in [5.41, 5.74) is 0. The fourth-order valence-corrected chi connectivity index (χ4v) is 9.57. The number of quaternary nitrogens is 1. The Hall–Kier alpha value is -2.81. The lowest BCUT2D eigenvalue weighted by Gasteiger charge is -2.27. The molecule has 0 heterocycles. The summed E-state index contributed by atoms with van der Waals surface area (Å²) in [6.07, 6.45) is 74.3. The summed E-state index contributed by atoms with van der Waals surface area (Å²) in [5.74, 6) is -0.531. The molecule has 0 saturated heterocycles. The number of nitrogens with zero attached hydrogens (tertiary/aromatic N) is 1. The van der Waals surface area contributed by atoms with E-state index in [0.717, 1.165) is 109 Å². The van der Waals surface area contributed by atoms with Crippen LogP contribution in [0.2, 0.25) is 0 Å². The second-order valence-corrected chi connectivity index (χ2v) is 24.0. The van der Waals surface area contributed by atoms with E-state index in [1.165, 1.54) is 128 Å². The number of phosphoric acid groups is 1. The van der Waals surface area contributed by atoms with Crippen LogP contribution in [0.25, 0.3) is 0 Å². The van der Waals surface area contributed by atoms with Crippen molar-refractivity contribution in [3.8, 4) is 0 Å². The van der Waals surface area contributed by atoms with Gasteiger partial charge in [0.05, 0.1) is 33.8 Å². The Morgan fingerprint density at radius 2 is 0.792 bits per heavy atom. The SMILES string of the molecule is CCCCC/C=C\C/C=C\C/C=C\C/C=C\CCCCCCCC(=O)OC(/C=C/CCCCCCCCCCC)C(COP(=O)(O)OCC[N+](C)(C)C)NC(=O)CCCCCCCCCCC/C=C\C/C=C\CCCCC. The minimum Gasteiger partial charge on any atom is -0.456 e. The van der Waals surface area contributed by atoms with E-state index < -0.39 is 20.0 Å². The van der Waals surface area contributed by atoms with Crippen LogP contribution in [0.3, 0.4) is 0 Å². The van der Waals surface area contributed by atoms with Gasteiger partial charge in [0.2, 0.25) is 5.91 Å². The van der Waals surface area contributed by atoms with Gasteiger partial charge in [-0.2, -0.15) is 0 Å². The first-order valence-electron chi connectivity index (χ1n) is 31.9. The molecule has 0 aliphatic heterocycles. The third-order valence-electron chi connectivity index (χ3n) is 13.8. The van der Waals surface area contributed by atoms with Crippen molar-refractivity contribution in [1.29, 1.82) is 0 Å². The molecule has 77 heavy (non-hydrogen) atoms. The molecular weight excluding hydrogens is 976 g/mol. The average molecular weight is 1100 g/mol. The van der Waals surface area contributed by atoms with Crippen molar-refractivity contribution in [2.45, 2.75) is 290 Å². The van der Waals surface area contributed by atoms with Crippen LogP contribution in [0.5, 0.6) is 0 Å². The molecule has 0 spiro atoms. The van der Waals surface area contributed by atoms with E-state index in [9.17, 15) is 19.0 Å². The molecule has 0 aliphatic rings. The van der Waals surface area contributed by atoms with Gasteiger partial charge in [-0.25, -0.2) is 4.57 Å². The normalized spacial score (nSPS) is 14.2. The van der Waals surface area contributed by atoms with Crippen molar-refractivity contribution in [3.63, 3.8) is 0 Å². The van der Waals surface area contributed by atoms with Gasteiger partial charge in [-0.3, -0.25) is 18.6 Å². The summed E-state index contributed by atoms with van der Waals surface area (Å²) < 4.78 is 30.7. The van der Waals surface area contributed by atoms with Crippen molar-refractivity contribution < 1.29 is 37.3 Å². The van der Waals surface area contributed by atoms with Crippen molar-refractivity contribution in [2.75, 3.05) is 40.9 Å². The van der Waals surface area contributed by atoms with Crippen LogP contribution in [-0.4, -0.2) is 74.3 Å². The van der Waals surface area contributed by atoms with Crippen LogP contribution in [0.15, 0.2) is 85.1 Å². The number of ether oxygens (including phenoxy) is 1. The van der Waals surface area contributed by atoms with Crippen LogP contribution in [0, 0.1) is 0 Å². The Morgan fingerprint density at radius 3 is 1.21 bits per heavy atom. The largest absolute Gasteiger partial charge is 0.472 e. The van der Waals surface area contributed by atoms with Gasteiger partial charge in [-0.1, -0.05) is 241 Å². The molecule has 3 unspecified atom stereocenters. The molecule has 0 saturated carbocycles. The van der Waals surface area contributed by atoms with Gasteiger partial charge in [0.1, 0.15) is 19.3 Å². The molecule has 9 nitrogen and oxygen atoms in total. The van der Waals surface area contributed by atoms with E-state index in [1.807, 2.05) is 33.3 Å². The Morgan fingerprint density at radius 1 is 0.455 bits per heavy atom. The zero-order valence-electron chi connectivity index (χ0n) is 50.9. The summed E-state index contributed by atoms with van der Waals surface area (Å²) in [7, 11) is 1.48. The lowest BCUT2D eigenvalue weighted by molar-refractivity contribution is -0.870. The second kappa shape index (κ2) is 56.5. The van der Waals surface area contributed by atoms with Crippen molar-refractivity contribution in [1.82, 2.24) is 5.32 Å². The average Bonchev–Trinajstić information content (AvgIpc) is 3.39. The fraction of sp³-hybridized carbons (Fsp3) is 0.761. The van der Waals surface area contributed by atoms with E-state index in [0.29, 0.717) is 23.9 Å². The molecule has 0 aliphatic carbocycles. The quantitative estimate of drug-likeness (QED) is 0.0205. The number of hydrogen-bond acceptors (Lipinski definition) is 6. The van der Waals surface area contributed by atoms with Gasteiger partial charge >= 0.3 is 13.8 Å². The minimum absolute atomic E-state index is 0.0328. The van der Waals surface area contributed by atoms with E-state index >= 15 is 0 Å². The molecule has 3 atom stereocenters. The molecule has 0 rings (SSSR count). The van der Waals surface area contributed by atoms with Crippen LogP contribution >= 0.6 is 7.82 Å². The number of hydrogen-bond donors (Lipinski definition) is 2. The molecule has 2 N–H and O–H groups in total. The Labute approximate surface area is 476 Å². The highest BCUT2D eigenvalue weighted by Gasteiger charge is 2.30. The van der Waals surface area contributed by atoms with Gasteiger partial charge in [0.15, 0.2) is 0 Å². The van der Waals surface area contributed by atoms with Gasteiger partial charge in [-0.15, -0.1) is 0 Å². The molecule has 0 aromatic carbocycles. The summed E-state index contributed by atoms with van der Waals surface area (Å²) in [4.78, 5) is 37.7. The first-order valence-corrected chi connectivity index (χ1v) is 33.4. The summed E-state index contributed by atoms with van der Waals surface area (Å²) in [6, 6.07) is -0.862. The molecule has 0 radical (unpaired) electrons. The van der Waals surface area contributed by atoms with Crippen LogP contribution in [-0.2, 0) is 27.9 Å². The fourth-order valence-electron chi connectivity index (χ4n) is 8.84. The van der Waals surface area contributed by atoms with Gasteiger partial charge in [-0.05, 0) is 109 Å². The summed E-state index contributed by atoms with van der Waals surface area (Å²) in [5, 5.41) is 3.05. The van der Waals surface area contributed by atoms with Crippen LogP contribution < -0.4 is 5.32 Å². The highest BCUT2D eigenvalue weighted by molar-refractivity contribution is 7.47. The highest BCUT2D eigenvalue weighted by atomic mass is 31.2. The third kappa shape index (κ3) is 57.7. The number of phosphoric ester groups is 1. The smallest absolute Gasteiger partial charge is 0.456 e. The maximum Gasteiger partial charge on any atom is 0.472 e. The minimum atomic E-state index is -4.46. The summed E-state index contributed by atoms with van der Waals surface area (Å²) in [6.45, 7) is 6.94. The Kier molecular flexibility index (Phi) is 54.4. The lowest BCUT2D eigenvalue weighted by Crippen LogP contribution is -2.47. The van der Waals surface area contributed by atoms with Crippen LogP contribution in [0.1, 0.15) is 278 Å². The first-order chi connectivity index (χ1) is 37.4. The van der Waals surface area contributed by atoms with E-state index in [2.05, 4.69) is 99.0 Å². The zero-order chi connectivity index (χ0) is 56.4. The zero-order valence-corrected chi connectivity index (χ0v) is 51.8. The Bertz CT molecular complexity index is 1590. The number of nitrogens with one attached hydrogen (secondary N) is 1. The third-order valence-corrected chi connectivity index (χ3v) is 14.8. The van der Waals surface area contributed by atoms with E-state index in [4.69, 9.17) is 13.8 Å². The number of carbonyl (C=O) groups excluding carboxylic acids is 2. The topological polar surface area (TPSA) is 111 Å². The van der Waals surface area contributed by atoms with E-state index in [-0.39, 0.29) is 31.5 Å². The molecule has 0 aromatic rings. The van der Waals surface area contributed by atoms with E-state index in [1.54, 1.807) is 0 Å². The number of rotatable bonds is 57. The molecule has 0 fully saturated rings. The van der Waals surface area contributed by atoms with Gasteiger partial charge < -0.3 is 19.4 Å². The monoisotopic (exact) mass is 1100 g/mol. The van der Waals surface area contributed by atoms with Gasteiger partial charge in [0.25, 0.3) is 0 Å². The number of carbonyl (C=O) groups is 2. The molecule has 1 amide bonds. The number of unbranched alkanes of at least 4 members (excludes halogenated alkanes) is 29. The van der Waals surface area contributed by atoms with Crippen molar-refractivity contribution in [2.24, 2.45) is 0 Å². The maximum atomic E-state index is 13.6. The number of allylic oxidation sites excluding steroid dienone is 13. The predicted octanol–water partition coefficient (Wildman–Crippen LogP) is 19.8.